The van der Waals surface area contributed by atoms with Crippen LogP contribution in [0.2, 0.25) is 0 Å². The predicted octanol–water partition coefficient (Wildman–Crippen LogP) is 3.91. The van der Waals surface area contributed by atoms with Crippen molar-refractivity contribution in [1.82, 2.24) is 9.97 Å². The van der Waals surface area contributed by atoms with E-state index in [9.17, 15) is 4.79 Å². The summed E-state index contributed by atoms with van der Waals surface area (Å²) in [5, 5.41) is 1.15. The molecule has 0 unspecified atom stereocenters. The van der Waals surface area contributed by atoms with Crippen molar-refractivity contribution in [3.8, 4) is 5.75 Å². The first-order valence-corrected chi connectivity index (χ1v) is 10.2. The number of fused-ring (bicyclic) bond motifs is 1. The van der Waals surface area contributed by atoms with Gasteiger partial charge in [0.25, 0.3) is 5.56 Å². The summed E-state index contributed by atoms with van der Waals surface area (Å²) in [7, 11) is 0. The van der Waals surface area contributed by atoms with Gasteiger partial charge in [-0.1, -0.05) is 30.3 Å². The lowest BCUT2D eigenvalue weighted by Crippen LogP contribution is -2.18. The number of hydrogen-bond acceptors (Lipinski definition) is 5. The number of aromatic amines is 1. The fourth-order valence-electron chi connectivity index (χ4n) is 3.11. The first-order valence-electron chi connectivity index (χ1n) is 9.17. The van der Waals surface area contributed by atoms with E-state index in [1.165, 1.54) is 0 Å². The van der Waals surface area contributed by atoms with Gasteiger partial charge in [-0.25, -0.2) is 4.98 Å². The van der Waals surface area contributed by atoms with Crippen LogP contribution in [0.25, 0.3) is 10.9 Å². The molecule has 0 aliphatic carbocycles. The highest BCUT2D eigenvalue weighted by atomic mass is 32.2. The van der Waals surface area contributed by atoms with Crippen molar-refractivity contribution in [2.24, 2.45) is 0 Å². The van der Waals surface area contributed by atoms with Gasteiger partial charge in [0.2, 0.25) is 0 Å². The SMILES string of the molecule is O=c1[nH]c(CSC2CCOCC2)nc2cc(OCc3ccccc3)ccc12. The summed E-state index contributed by atoms with van der Waals surface area (Å²) >= 11 is 1.84. The molecule has 1 saturated heterocycles. The molecule has 3 aromatic rings. The number of nitrogens with zero attached hydrogens (tertiary/aromatic N) is 1. The number of rotatable bonds is 6. The number of aromatic nitrogens is 2. The number of ether oxygens (including phenoxy) is 2. The quantitative estimate of drug-likeness (QED) is 0.700. The first-order chi connectivity index (χ1) is 13.3. The second-order valence-electron chi connectivity index (χ2n) is 6.59. The van der Waals surface area contributed by atoms with Crippen LogP contribution < -0.4 is 10.3 Å². The summed E-state index contributed by atoms with van der Waals surface area (Å²) in [5.74, 6) is 2.13. The Hall–Kier alpha value is -2.31. The Labute approximate surface area is 162 Å². The van der Waals surface area contributed by atoms with Crippen LogP contribution in [-0.2, 0) is 17.1 Å². The van der Waals surface area contributed by atoms with Gasteiger partial charge in [-0.3, -0.25) is 4.79 Å². The van der Waals surface area contributed by atoms with Crippen LogP contribution in [0, 0.1) is 0 Å². The highest BCUT2D eigenvalue weighted by molar-refractivity contribution is 7.99. The van der Waals surface area contributed by atoms with Crippen LogP contribution in [0.5, 0.6) is 5.75 Å². The third-order valence-electron chi connectivity index (χ3n) is 4.60. The van der Waals surface area contributed by atoms with E-state index in [0.717, 1.165) is 31.6 Å². The minimum atomic E-state index is -0.0998. The first kappa shape index (κ1) is 18.1. The molecular formula is C21H22N2O3S. The second kappa shape index (κ2) is 8.59. The van der Waals surface area contributed by atoms with E-state index in [1.807, 2.05) is 54.2 Å². The molecule has 27 heavy (non-hydrogen) atoms. The maximum Gasteiger partial charge on any atom is 0.258 e. The van der Waals surface area contributed by atoms with Gasteiger partial charge < -0.3 is 14.5 Å². The van der Waals surface area contributed by atoms with E-state index in [1.54, 1.807) is 6.07 Å². The molecule has 1 fully saturated rings. The van der Waals surface area contributed by atoms with Gasteiger partial charge in [-0.15, -0.1) is 0 Å². The van der Waals surface area contributed by atoms with Gasteiger partial charge in [0.1, 0.15) is 18.2 Å². The van der Waals surface area contributed by atoms with Gasteiger partial charge in [-0.2, -0.15) is 11.8 Å². The average molecular weight is 382 g/mol. The van der Waals surface area contributed by atoms with Gasteiger partial charge in [-0.05, 0) is 30.5 Å². The van der Waals surface area contributed by atoms with Crippen molar-refractivity contribution in [3.63, 3.8) is 0 Å². The molecule has 2 aromatic carbocycles. The zero-order valence-corrected chi connectivity index (χ0v) is 15.8. The lowest BCUT2D eigenvalue weighted by Gasteiger charge is -2.21. The van der Waals surface area contributed by atoms with Crippen LogP contribution in [0.4, 0.5) is 0 Å². The molecule has 0 saturated carbocycles. The van der Waals surface area contributed by atoms with Crippen LogP contribution >= 0.6 is 11.8 Å². The normalized spacial score (nSPS) is 15.1. The molecular weight excluding hydrogens is 360 g/mol. The Bertz CT molecular complexity index is 953. The third kappa shape index (κ3) is 4.70. The second-order valence-corrected chi connectivity index (χ2v) is 7.88. The molecule has 1 aliphatic rings. The molecule has 0 atom stereocenters. The molecule has 6 heteroatoms. The molecule has 2 heterocycles. The van der Waals surface area contributed by atoms with E-state index in [4.69, 9.17) is 9.47 Å². The standard InChI is InChI=1S/C21H22N2O3S/c24-21-18-7-6-16(26-13-15-4-2-1-3-5-15)12-19(18)22-20(23-21)14-27-17-8-10-25-11-9-17/h1-7,12,17H,8-11,13-14H2,(H,22,23,24). The van der Waals surface area contributed by atoms with E-state index in [2.05, 4.69) is 9.97 Å². The highest BCUT2D eigenvalue weighted by Crippen LogP contribution is 2.25. The van der Waals surface area contributed by atoms with Crippen LogP contribution in [0.15, 0.2) is 53.3 Å². The Kier molecular flexibility index (Phi) is 5.75. The molecule has 4 rings (SSSR count). The third-order valence-corrected chi connectivity index (χ3v) is 5.98. The number of nitrogens with one attached hydrogen (secondary N) is 1. The van der Waals surface area contributed by atoms with Crippen molar-refractivity contribution in [1.29, 1.82) is 0 Å². The number of H-pyrrole nitrogens is 1. The Morgan fingerprint density at radius 1 is 1.15 bits per heavy atom. The summed E-state index contributed by atoms with van der Waals surface area (Å²) in [6.45, 7) is 2.13. The van der Waals surface area contributed by atoms with E-state index in [-0.39, 0.29) is 5.56 Å². The summed E-state index contributed by atoms with van der Waals surface area (Å²) in [5.41, 5.74) is 1.68. The van der Waals surface area contributed by atoms with Crippen molar-refractivity contribution in [2.45, 2.75) is 30.5 Å². The average Bonchev–Trinajstić information content (AvgIpc) is 2.72. The number of thioether (sulfide) groups is 1. The molecule has 0 radical (unpaired) electrons. The lowest BCUT2D eigenvalue weighted by atomic mass is 10.2. The molecule has 0 amide bonds. The maximum atomic E-state index is 12.4. The molecule has 1 aromatic heterocycles. The molecule has 140 valence electrons. The predicted molar refractivity (Wildman–Crippen MR) is 108 cm³/mol. The van der Waals surface area contributed by atoms with Crippen LogP contribution in [-0.4, -0.2) is 28.4 Å². The van der Waals surface area contributed by atoms with Crippen molar-refractivity contribution in [2.75, 3.05) is 13.2 Å². The number of hydrogen-bond donors (Lipinski definition) is 1. The summed E-state index contributed by atoms with van der Waals surface area (Å²) < 4.78 is 11.3. The Morgan fingerprint density at radius 3 is 2.78 bits per heavy atom. The fraction of sp³-hybridized carbons (Fsp3) is 0.333. The summed E-state index contributed by atoms with van der Waals surface area (Å²) in [6, 6.07) is 15.4. The van der Waals surface area contributed by atoms with Crippen LogP contribution in [0.1, 0.15) is 24.2 Å². The Morgan fingerprint density at radius 2 is 1.96 bits per heavy atom. The summed E-state index contributed by atoms with van der Waals surface area (Å²) in [4.78, 5) is 19.9. The maximum absolute atomic E-state index is 12.4. The van der Waals surface area contributed by atoms with Crippen molar-refractivity contribution >= 4 is 22.7 Å². The Balaban J connectivity index is 1.48. The topological polar surface area (TPSA) is 64.2 Å². The van der Waals surface area contributed by atoms with E-state index >= 15 is 0 Å². The van der Waals surface area contributed by atoms with Crippen molar-refractivity contribution in [3.05, 3.63) is 70.3 Å². The largest absolute Gasteiger partial charge is 0.489 e. The zero-order valence-electron chi connectivity index (χ0n) is 15.0. The zero-order chi connectivity index (χ0) is 18.5. The lowest BCUT2D eigenvalue weighted by molar-refractivity contribution is 0.1000. The van der Waals surface area contributed by atoms with Crippen molar-refractivity contribution < 1.29 is 9.47 Å². The molecule has 5 nitrogen and oxygen atoms in total. The monoisotopic (exact) mass is 382 g/mol. The molecule has 1 N–H and O–H groups in total. The smallest absolute Gasteiger partial charge is 0.258 e. The van der Waals surface area contributed by atoms with Crippen LogP contribution in [0.3, 0.4) is 0 Å². The summed E-state index contributed by atoms with van der Waals surface area (Å²) in [6.07, 6.45) is 2.11. The minimum Gasteiger partial charge on any atom is -0.489 e. The molecule has 0 spiro atoms. The highest BCUT2D eigenvalue weighted by Gasteiger charge is 2.15. The minimum absolute atomic E-state index is 0.0998. The fourth-order valence-corrected chi connectivity index (χ4v) is 4.16. The van der Waals surface area contributed by atoms with E-state index < -0.39 is 0 Å². The molecule has 0 bridgehead atoms. The van der Waals surface area contributed by atoms with Gasteiger partial charge in [0.05, 0.1) is 16.7 Å². The van der Waals surface area contributed by atoms with E-state index in [0.29, 0.717) is 40.1 Å². The number of benzene rings is 2. The molecule has 1 aliphatic heterocycles. The van der Waals surface area contributed by atoms with Gasteiger partial charge >= 0.3 is 0 Å². The van der Waals surface area contributed by atoms with Gasteiger partial charge in [0.15, 0.2) is 0 Å². The van der Waals surface area contributed by atoms with Gasteiger partial charge in [0, 0.05) is 24.5 Å².